The van der Waals surface area contributed by atoms with Crippen LogP contribution < -0.4 is 5.32 Å². The van der Waals surface area contributed by atoms with E-state index in [2.05, 4.69) is 20.3 Å². The average Bonchev–Trinajstić information content (AvgIpc) is 2.52. The summed E-state index contributed by atoms with van der Waals surface area (Å²) in [4.78, 5) is 0. The van der Waals surface area contributed by atoms with Gasteiger partial charge in [0.05, 0.1) is 0 Å². The van der Waals surface area contributed by atoms with Crippen LogP contribution in [-0.4, -0.2) is 29.7 Å². The number of hydrogen-bond donors (Lipinski definition) is 1. The highest BCUT2D eigenvalue weighted by Gasteiger charge is 2.08. The molecule has 0 fully saturated rings. The smallest absolute Gasteiger partial charge is 0.218 e. The Morgan fingerprint density at radius 3 is 3.17 bits per heavy atom. The highest BCUT2D eigenvalue weighted by atomic mass is 32.2. The number of hydrogen-bond acceptors (Lipinski definition) is 6. The van der Waals surface area contributed by atoms with Crippen molar-refractivity contribution in [2.75, 3.05) is 19.3 Å². The second-order valence-corrected chi connectivity index (χ2v) is 3.07. The second-order valence-electron chi connectivity index (χ2n) is 1.98. The van der Waals surface area contributed by atoms with Crippen LogP contribution in [0.25, 0.3) is 0 Å². The molecule has 1 aromatic heterocycles. The maximum atomic E-state index is 8.52. The zero-order valence-corrected chi connectivity index (χ0v) is 7.39. The Morgan fingerprint density at radius 1 is 1.67 bits per heavy atom. The molecule has 1 rings (SSSR count). The summed E-state index contributed by atoms with van der Waals surface area (Å²) in [6.07, 6.45) is 0. The summed E-state index contributed by atoms with van der Waals surface area (Å²) in [6, 6.07) is 1.89. The van der Waals surface area contributed by atoms with E-state index in [9.17, 15) is 0 Å². The molecule has 0 bridgehead atoms. The van der Waals surface area contributed by atoms with E-state index in [4.69, 9.17) is 5.26 Å². The van der Waals surface area contributed by atoms with Gasteiger partial charge in [0.2, 0.25) is 5.69 Å². The average molecular weight is 184 g/mol. The molecule has 64 valence electrons. The van der Waals surface area contributed by atoms with Gasteiger partial charge in [0.15, 0.2) is 5.03 Å². The van der Waals surface area contributed by atoms with Crippen LogP contribution in [0.2, 0.25) is 0 Å². The summed E-state index contributed by atoms with van der Waals surface area (Å²) in [5, 5.41) is 19.1. The van der Waals surface area contributed by atoms with Gasteiger partial charge in [-0.2, -0.15) is 5.26 Å². The van der Waals surface area contributed by atoms with E-state index in [1.807, 2.05) is 13.1 Å². The van der Waals surface area contributed by atoms with Crippen molar-refractivity contribution in [1.29, 1.82) is 5.26 Å². The number of nitriles is 1. The Balaban J connectivity index is 2.46. The molecule has 1 aromatic rings. The van der Waals surface area contributed by atoms with Crippen molar-refractivity contribution in [3.8, 4) is 6.07 Å². The van der Waals surface area contributed by atoms with Crippen molar-refractivity contribution in [3.63, 3.8) is 0 Å². The summed E-state index contributed by atoms with van der Waals surface area (Å²) in [6.45, 7) is 0.863. The predicted octanol–water partition coefficient (Wildman–Crippen LogP) is 0.253. The third-order valence-electron chi connectivity index (χ3n) is 1.16. The zero-order valence-electron chi connectivity index (χ0n) is 6.57. The highest BCUT2D eigenvalue weighted by molar-refractivity contribution is 7.99. The van der Waals surface area contributed by atoms with Gasteiger partial charge >= 0.3 is 0 Å². The highest BCUT2D eigenvalue weighted by Crippen LogP contribution is 2.16. The SMILES string of the molecule is CNCCSc1nonc1C#N. The largest absolute Gasteiger partial charge is 0.319 e. The summed E-state index contributed by atoms with van der Waals surface area (Å²) < 4.78 is 4.40. The maximum absolute atomic E-state index is 8.52. The van der Waals surface area contributed by atoms with Gasteiger partial charge in [-0.25, -0.2) is 4.63 Å². The summed E-state index contributed by atoms with van der Waals surface area (Å²) in [7, 11) is 1.87. The molecule has 0 aliphatic heterocycles. The Bertz CT molecular complexity index is 279. The molecule has 0 radical (unpaired) electrons. The molecular weight excluding hydrogens is 176 g/mol. The van der Waals surface area contributed by atoms with Crippen molar-refractivity contribution in [2.45, 2.75) is 5.03 Å². The summed E-state index contributed by atoms with van der Waals surface area (Å²) >= 11 is 1.45. The van der Waals surface area contributed by atoms with E-state index < -0.39 is 0 Å². The lowest BCUT2D eigenvalue weighted by Gasteiger charge is -1.94. The van der Waals surface area contributed by atoms with E-state index in [1.165, 1.54) is 11.8 Å². The number of nitrogens with one attached hydrogen (secondary N) is 1. The van der Waals surface area contributed by atoms with Crippen molar-refractivity contribution >= 4 is 11.8 Å². The van der Waals surface area contributed by atoms with Crippen LogP contribution in [0.5, 0.6) is 0 Å². The van der Waals surface area contributed by atoms with Crippen LogP contribution in [0.4, 0.5) is 0 Å². The van der Waals surface area contributed by atoms with Crippen molar-refractivity contribution < 1.29 is 4.63 Å². The first-order valence-electron chi connectivity index (χ1n) is 3.38. The van der Waals surface area contributed by atoms with Gasteiger partial charge in [0, 0.05) is 12.3 Å². The predicted molar refractivity (Wildman–Crippen MR) is 43.7 cm³/mol. The van der Waals surface area contributed by atoms with Crippen LogP contribution in [0.15, 0.2) is 9.65 Å². The van der Waals surface area contributed by atoms with Gasteiger partial charge in [0.1, 0.15) is 6.07 Å². The van der Waals surface area contributed by atoms with Gasteiger partial charge in [-0.05, 0) is 17.4 Å². The first kappa shape index (κ1) is 9.03. The molecule has 1 N–H and O–H groups in total. The minimum absolute atomic E-state index is 0.260. The standard InChI is InChI=1S/C6H8N4OS/c1-8-2-3-12-6-5(4-7)9-11-10-6/h8H,2-3H2,1H3. The number of aromatic nitrogens is 2. The van der Waals surface area contributed by atoms with E-state index in [-0.39, 0.29) is 5.69 Å². The van der Waals surface area contributed by atoms with E-state index in [1.54, 1.807) is 0 Å². The number of nitrogens with zero attached hydrogens (tertiary/aromatic N) is 3. The Labute approximate surface area is 74.1 Å². The van der Waals surface area contributed by atoms with Crippen LogP contribution in [0.1, 0.15) is 5.69 Å². The first-order chi connectivity index (χ1) is 5.88. The van der Waals surface area contributed by atoms with Crippen molar-refractivity contribution in [1.82, 2.24) is 15.6 Å². The quantitative estimate of drug-likeness (QED) is 0.534. The monoisotopic (exact) mass is 184 g/mol. The molecule has 0 saturated heterocycles. The minimum atomic E-state index is 0.260. The fourth-order valence-electron chi connectivity index (χ4n) is 0.593. The molecule has 0 atom stereocenters. The molecule has 6 heteroatoms. The van der Waals surface area contributed by atoms with Gasteiger partial charge in [-0.3, -0.25) is 0 Å². The van der Waals surface area contributed by atoms with Gasteiger partial charge in [-0.15, -0.1) is 0 Å². The Kier molecular flexibility index (Phi) is 3.57. The molecule has 1 heterocycles. The Morgan fingerprint density at radius 2 is 2.50 bits per heavy atom. The fourth-order valence-corrected chi connectivity index (χ4v) is 1.40. The normalized spacial score (nSPS) is 9.67. The van der Waals surface area contributed by atoms with Crippen LogP contribution in [-0.2, 0) is 0 Å². The molecule has 0 amide bonds. The van der Waals surface area contributed by atoms with E-state index in [0.717, 1.165) is 12.3 Å². The lowest BCUT2D eigenvalue weighted by Crippen LogP contribution is -2.09. The van der Waals surface area contributed by atoms with Gasteiger partial charge in [0.25, 0.3) is 0 Å². The summed E-state index contributed by atoms with van der Waals surface area (Å²) in [5.74, 6) is 0.847. The van der Waals surface area contributed by atoms with Crippen LogP contribution in [0, 0.1) is 11.3 Å². The molecular formula is C6H8N4OS. The van der Waals surface area contributed by atoms with E-state index >= 15 is 0 Å². The van der Waals surface area contributed by atoms with Crippen molar-refractivity contribution in [2.24, 2.45) is 0 Å². The van der Waals surface area contributed by atoms with Crippen LogP contribution >= 0.6 is 11.8 Å². The molecule has 0 aromatic carbocycles. The van der Waals surface area contributed by atoms with Gasteiger partial charge < -0.3 is 5.32 Å². The minimum Gasteiger partial charge on any atom is -0.319 e. The lowest BCUT2D eigenvalue weighted by atomic mass is 10.5. The molecule has 0 saturated carbocycles. The fraction of sp³-hybridized carbons (Fsp3) is 0.500. The molecule has 0 aliphatic rings. The summed E-state index contributed by atoms with van der Waals surface area (Å²) in [5.41, 5.74) is 0.260. The van der Waals surface area contributed by atoms with E-state index in [0.29, 0.717) is 5.03 Å². The van der Waals surface area contributed by atoms with Crippen molar-refractivity contribution in [3.05, 3.63) is 5.69 Å². The first-order valence-corrected chi connectivity index (χ1v) is 4.37. The maximum Gasteiger partial charge on any atom is 0.218 e. The topological polar surface area (TPSA) is 74.7 Å². The number of thioether (sulfide) groups is 1. The van der Waals surface area contributed by atoms with Crippen LogP contribution in [0.3, 0.4) is 0 Å². The Hall–Kier alpha value is -1.06. The second kappa shape index (κ2) is 4.74. The molecule has 0 aliphatic carbocycles. The number of rotatable bonds is 4. The third-order valence-corrected chi connectivity index (χ3v) is 2.10. The lowest BCUT2D eigenvalue weighted by molar-refractivity contribution is 0.298. The van der Waals surface area contributed by atoms with Gasteiger partial charge in [-0.1, -0.05) is 11.8 Å². The zero-order chi connectivity index (χ0) is 8.81. The molecule has 5 nitrogen and oxygen atoms in total. The molecule has 0 spiro atoms. The third kappa shape index (κ3) is 2.22. The molecule has 12 heavy (non-hydrogen) atoms. The molecule has 0 unspecified atom stereocenters.